The van der Waals surface area contributed by atoms with Crippen LogP contribution in [0.25, 0.3) is 0 Å². The first-order chi connectivity index (χ1) is 15.8. The largest absolute Gasteiger partial charge is 0.477 e. The van der Waals surface area contributed by atoms with Gasteiger partial charge in [0.1, 0.15) is 11.1 Å². The Morgan fingerprint density at radius 1 is 1.39 bits per heavy atom. The number of aliphatic hydroxyl groups excluding tert-OH is 1. The third kappa shape index (κ3) is 3.99. The standard InChI is InChI=1S/C19H20N6O6S2/c1-9(33-18-21-23-24-22-18)11-8-32-17-19(31-2,16(30)25(17)12(11)15(28)29)20-14(27)13(26)10-6-4-3-5-7-10/h3-7,9,13,17,26H,8H2,1-2H3,(H,20,27)(H,28,29)(H,21,22,23,24)/t9?,13?,17-,19?/m0/s1. The highest BCUT2D eigenvalue weighted by molar-refractivity contribution is 8.01. The first kappa shape index (κ1) is 23.2. The lowest BCUT2D eigenvalue weighted by atomic mass is 9.96. The Bertz CT molecular complexity index is 1100. The number of aromatic amines is 1. The van der Waals surface area contributed by atoms with E-state index in [9.17, 15) is 24.6 Å². The number of carbonyl (C=O) groups excluding carboxylic acids is 2. The molecule has 1 aromatic carbocycles. The minimum absolute atomic E-state index is 0.165. The maximum Gasteiger partial charge on any atom is 0.352 e. The van der Waals surface area contributed by atoms with E-state index in [1.54, 1.807) is 37.3 Å². The number of aliphatic hydroxyl groups is 1. The normalized spacial score (nSPS) is 24.0. The lowest BCUT2D eigenvalue weighted by molar-refractivity contribution is -0.193. The van der Waals surface area contributed by atoms with Gasteiger partial charge in [-0.3, -0.25) is 14.5 Å². The number of methoxy groups -OCH3 is 1. The third-order valence-electron chi connectivity index (χ3n) is 5.36. The maximum absolute atomic E-state index is 13.2. The highest BCUT2D eigenvalue weighted by Crippen LogP contribution is 2.48. The number of benzene rings is 1. The molecule has 0 saturated carbocycles. The number of hydrogen-bond acceptors (Lipinski definition) is 10. The minimum atomic E-state index is -1.80. The second-order valence-electron chi connectivity index (χ2n) is 7.23. The molecule has 0 bridgehead atoms. The zero-order chi connectivity index (χ0) is 23.8. The smallest absolute Gasteiger partial charge is 0.352 e. The number of β-lactam (4-membered cyclic amide) rings is 1. The molecule has 1 fully saturated rings. The van der Waals surface area contributed by atoms with E-state index < -0.39 is 35.0 Å². The van der Waals surface area contributed by atoms with Crippen molar-refractivity contribution in [2.45, 2.75) is 34.5 Å². The van der Waals surface area contributed by atoms with Crippen molar-refractivity contribution in [1.82, 2.24) is 30.8 Å². The first-order valence-electron chi connectivity index (χ1n) is 9.72. The van der Waals surface area contributed by atoms with Gasteiger partial charge in [0.2, 0.25) is 5.16 Å². The van der Waals surface area contributed by atoms with Crippen LogP contribution in [0.15, 0.2) is 46.8 Å². The minimum Gasteiger partial charge on any atom is -0.477 e. The number of hydrogen-bond donors (Lipinski definition) is 4. The lowest BCUT2D eigenvalue weighted by Gasteiger charge is -2.56. The van der Waals surface area contributed by atoms with E-state index in [0.29, 0.717) is 16.3 Å². The lowest BCUT2D eigenvalue weighted by Crippen LogP contribution is -2.81. The molecule has 4 atom stereocenters. The van der Waals surface area contributed by atoms with Gasteiger partial charge in [0.05, 0.1) is 0 Å². The number of carboxylic acids is 1. The number of tetrazole rings is 1. The van der Waals surface area contributed by atoms with Gasteiger partial charge < -0.3 is 20.3 Å². The fraction of sp³-hybridized carbons (Fsp3) is 0.368. The molecule has 174 valence electrons. The number of rotatable bonds is 8. The molecular formula is C19H20N6O6S2. The average molecular weight is 493 g/mol. The van der Waals surface area contributed by atoms with Crippen molar-refractivity contribution in [3.05, 3.63) is 47.2 Å². The van der Waals surface area contributed by atoms with E-state index >= 15 is 0 Å². The summed E-state index contributed by atoms with van der Waals surface area (Å²) >= 11 is 2.48. The molecule has 3 unspecified atom stereocenters. The van der Waals surface area contributed by atoms with Crippen LogP contribution in [0.5, 0.6) is 0 Å². The highest BCUT2D eigenvalue weighted by Gasteiger charge is 2.67. The van der Waals surface area contributed by atoms with Crippen molar-refractivity contribution in [2.75, 3.05) is 12.9 Å². The molecule has 1 saturated heterocycles. The zero-order valence-corrected chi connectivity index (χ0v) is 19.1. The van der Waals surface area contributed by atoms with Gasteiger partial charge >= 0.3 is 5.97 Å². The summed E-state index contributed by atoms with van der Waals surface area (Å²) in [5.41, 5.74) is -1.10. The second-order valence-corrected chi connectivity index (χ2v) is 9.62. The maximum atomic E-state index is 13.2. The van der Waals surface area contributed by atoms with Gasteiger partial charge in [-0.1, -0.05) is 42.1 Å². The van der Waals surface area contributed by atoms with E-state index in [-0.39, 0.29) is 16.7 Å². The number of H-pyrrole nitrogens is 1. The predicted octanol–water partition coefficient (Wildman–Crippen LogP) is 0.127. The van der Waals surface area contributed by atoms with Gasteiger partial charge in [-0.2, -0.15) is 0 Å². The molecule has 4 N–H and O–H groups in total. The van der Waals surface area contributed by atoms with Gasteiger partial charge in [-0.25, -0.2) is 9.89 Å². The molecule has 0 aliphatic carbocycles. The number of nitrogens with one attached hydrogen (secondary N) is 2. The molecule has 3 heterocycles. The number of thioether (sulfide) groups is 2. The van der Waals surface area contributed by atoms with Crippen molar-refractivity contribution >= 4 is 41.3 Å². The van der Waals surface area contributed by atoms with Crippen molar-refractivity contribution in [1.29, 1.82) is 0 Å². The molecule has 2 aliphatic rings. The van der Waals surface area contributed by atoms with Crippen LogP contribution in [0.1, 0.15) is 18.6 Å². The van der Waals surface area contributed by atoms with E-state index in [0.717, 1.165) is 4.90 Å². The summed E-state index contributed by atoms with van der Waals surface area (Å²) in [6.07, 6.45) is -1.52. The average Bonchev–Trinajstić information content (AvgIpc) is 3.34. The zero-order valence-electron chi connectivity index (χ0n) is 17.5. The fourth-order valence-electron chi connectivity index (χ4n) is 3.69. The summed E-state index contributed by atoms with van der Waals surface area (Å²) in [4.78, 5) is 39.2. The van der Waals surface area contributed by atoms with Crippen LogP contribution in [0.2, 0.25) is 0 Å². The Kier molecular flexibility index (Phi) is 6.43. The van der Waals surface area contributed by atoms with Crippen molar-refractivity contribution in [2.24, 2.45) is 0 Å². The van der Waals surface area contributed by atoms with Crippen LogP contribution in [-0.4, -0.2) is 82.7 Å². The summed E-state index contributed by atoms with van der Waals surface area (Å²) in [5, 5.41) is 35.4. The van der Waals surface area contributed by atoms with Crippen LogP contribution in [0.3, 0.4) is 0 Å². The predicted molar refractivity (Wildman–Crippen MR) is 117 cm³/mol. The van der Waals surface area contributed by atoms with Gasteiger partial charge in [0, 0.05) is 18.1 Å². The SMILES string of the molecule is COC1(NC(=O)C(O)c2ccccc2)C(=O)N2C(C(=O)O)=C(C(C)Sc3nnn[nH]3)CS[C@H]21. The molecule has 12 nitrogen and oxygen atoms in total. The number of carboxylic acid groups (broad SMARTS) is 1. The van der Waals surface area contributed by atoms with Crippen molar-refractivity contribution in [3.63, 3.8) is 0 Å². The Morgan fingerprint density at radius 3 is 2.73 bits per heavy atom. The summed E-state index contributed by atoms with van der Waals surface area (Å²) in [7, 11) is 1.25. The number of amides is 2. The second kappa shape index (κ2) is 9.13. The molecule has 4 rings (SSSR count). The van der Waals surface area contributed by atoms with E-state index in [1.165, 1.54) is 30.6 Å². The van der Waals surface area contributed by atoms with Crippen LogP contribution in [0, 0.1) is 0 Å². The molecular weight excluding hydrogens is 472 g/mol. The highest BCUT2D eigenvalue weighted by atomic mass is 32.2. The topological polar surface area (TPSA) is 171 Å². The Morgan fingerprint density at radius 2 is 2.12 bits per heavy atom. The number of aromatic nitrogens is 4. The summed E-state index contributed by atoms with van der Waals surface area (Å²) in [6, 6.07) is 8.24. The molecule has 14 heteroatoms. The van der Waals surface area contributed by atoms with E-state index in [4.69, 9.17) is 4.74 Å². The van der Waals surface area contributed by atoms with Crippen LogP contribution >= 0.6 is 23.5 Å². The number of aliphatic carboxylic acids is 1. The first-order valence-corrected chi connectivity index (χ1v) is 11.6. The molecule has 1 aromatic heterocycles. The Hall–Kier alpha value is -2.94. The number of carbonyl (C=O) groups is 3. The summed E-state index contributed by atoms with van der Waals surface area (Å²) in [6.45, 7) is 1.79. The van der Waals surface area contributed by atoms with Crippen molar-refractivity contribution in [3.8, 4) is 0 Å². The molecule has 2 aliphatic heterocycles. The Labute approximate surface area is 196 Å². The molecule has 2 amide bonds. The van der Waals surface area contributed by atoms with Crippen molar-refractivity contribution < 1.29 is 29.3 Å². The quantitative estimate of drug-likeness (QED) is 0.224. The molecule has 0 spiro atoms. The Balaban J connectivity index is 1.58. The van der Waals surface area contributed by atoms with Gasteiger partial charge in [0.25, 0.3) is 17.5 Å². The molecule has 2 aromatic rings. The van der Waals surface area contributed by atoms with Crippen LogP contribution in [0.4, 0.5) is 0 Å². The fourth-order valence-corrected chi connectivity index (χ4v) is 6.21. The number of ether oxygens (including phenoxy) is 1. The van der Waals surface area contributed by atoms with Crippen LogP contribution in [-0.2, 0) is 19.1 Å². The van der Waals surface area contributed by atoms with E-state index in [2.05, 4.69) is 25.9 Å². The van der Waals surface area contributed by atoms with Gasteiger partial charge in [-0.05, 0) is 28.5 Å². The number of fused-ring (bicyclic) bond motifs is 1. The monoisotopic (exact) mass is 492 g/mol. The van der Waals surface area contributed by atoms with Crippen LogP contribution < -0.4 is 5.32 Å². The summed E-state index contributed by atoms with van der Waals surface area (Å²) in [5.74, 6) is -2.56. The van der Waals surface area contributed by atoms with Gasteiger partial charge in [-0.15, -0.1) is 16.9 Å². The number of nitrogens with zero attached hydrogens (tertiary/aromatic N) is 4. The third-order valence-corrected chi connectivity index (χ3v) is 7.73. The molecule has 0 radical (unpaired) electrons. The van der Waals surface area contributed by atoms with E-state index in [1.807, 2.05) is 0 Å². The summed E-state index contributed by atoms with van der Waals surface area (Å²) < 4.78 is 5.41. The molecule has 33 heavy (non-hydrogen) atoms. The van der Waals surface area contributed by atoms with Gasteiger partial charge in [0.15, 0.2) is 6.10 Å².